The lowest BCUT2D eigenvalue weighted by Gasteiger charge is -2.12. The van der Waals surface area contributed by atoms with Crippen LogP contribution in [0.25, 0.3) is 4.96 Å². The van der Waals surface area contributed by atoms with Crippen LogP contribution in [-0.4, -0.2) is 40.7 Å². The molecule has 1 aliphatic heterocycles. The fraction of sp³-hybridized carbons (Fsp3) is 0.211. The number of rotatable bonds is 5. The lowest BCUT2D eigenvalue weighted by molar-refractivity contribution is 0.174. The number of aromatic nitrogens is 4. The predicted octanol–water partition coefficient (Wildman–Crippen LogP) is 3.31. The molecule has 3 heterocycles. The van der Waals surface area contributed by atoms with Crippen molar-refractivity contribution < 1.29 is 9.47 Å². The summed E-state index contributed by atoms with van der Waals surface area (Å²) in [6, 6.07) is 14.1. The highest BCUT2D eigenvalue weighted by molar-refractivity contribution is 7.20. The van der Waals surface area contributed by atoms with E-state index >= 15 is 0 Å². The second-order valence-corrected chi connectivity index (χ2v) is 7.60. The Balaban J connectivity index is 1.36. The first-order valence-corrected chi connectivity index (χ1v) is 9.61. The molecular weight excluding hydrogens is 376 g/mol. The third kappa shape index (κ3) is 3.09. The van der Waals surface area contributed by atoms with Crippen LogP contribution in [0, 0.1) is 0 Å². The van der Waals surface area contributed by atoms with Gasteiger partial charge in [0.05, 0.1) is 0 Å². The lowest BCUT2D eigenvalue weighted by atomic mass is 10.1. The quantitative estimate of drug-likeness (QED) is 0.556. The molecule has 0 atom stereocenters. The molecule has 0 spiro atoms. The second-order valence-electron chi connectivity index (χ2n) is 6.65. The number of hydrogen-bond acceptors (Lipinski definition) is 8. The Kier molecular flexibility index (Phi) is 4.01. The number of fused-ring (bicyclic) bond motifs is 2. The van der Waals surface area contributed by atoms with Crippen molar-refractivity contribution in [1.29, 1.82) is 0 Å². The van der Waals surface area contributed by atoms with Crippen LogP contribution in [0.2, 0.25) is 0 Å². The summed E-state index contributed by atoms with van der Waals surface area (Å²) in [5.41, 5.74) is 3.20. The maximum absolute atomic E-state index is 5.45. The van der Waals surface area contributed by atoms with Gasteiger partial charge in [0.2, 0.25) is 16.9 Å². The molecule has 4 aromatic rings. The number of benzene rings is 2. The fourth-order valence-corrected chi connectivity index (χ4v) is 3.80. The van der Waals surface area contributed by atoms with Crippen molar-refractivity contribution in [2.75, 3.05) is 31.1 Å². The van der Waals surface area contributed by atoms with Gasteiger partial charge in [-0.15, -0.1) is 15.3 Å². The topological polar surface area (TPSA) is 76.8 Å². The van der Waals surface area contributed by atoms with Gasteiger partial charge in [-0.3, -0.25) is 0 Å². The number of nitrogens with one attached hydrogen (secondary N) is 1. The largest absolute Gasteiger partial charge is 0.454 e. The average molecular weight is 394 g/mol. The van der Waals surface area contributed by atoms with E-state index in [0.29, 0.717) is 6.42 Å². The van der Waals surface area contributed by atoms with E-state index in [1.165, 1.54) is 11.3 Å². The summed E-state index contributed by atoms with van der Waals surface area (Å²) in [5.74, 6) is 2.32. The van der Waals surface area contributed by atoms with Crippen LogP contribution in [0.5, 0.6) is 11.5 Å². The van der Waals surface area contributed by atoms with Gasteiger partial charge >= 0.3 is 0 Å². The monoisotopic (exact) mass is 394 g/mol. The summed E-state index contributed by atoms with van der Waals surface area (Å²) < 4.78 is 12.6. The van der Waals surface area contributed by atoms with Crippen molar-refractivity contribution in [2.24, 2.45) is 0 Å². The molecule has 2 aromatic carbocycles. The minimum atomic E-state index is 0.268. The predicted molar refractivity (Wildman–Crippen MR) is 108 cm³/mol. The second kappa shape index (κ2) is 6.68. The van der Waals surface area contributed by atoms with Crippen LogP contribution in [0.3, 0.4) is 0 Å². The van der Waals surface area contributed by atoms with Crippen molar-refractivity contribution in [3.05, 3.63) is 53.9 Å². The van der Waals surface area contributed by atoms with Gasteiger partial charge in [-0.25, -0.2) is 0 Å². The number of hydrogen-bond donors (Lipinski definition) is 1. The Hall–Kier alpha value is -3.33. The minimum absolute atomic E-state index is 0.268. The van der Waals surface area contributed by atoms with Crippen molar-refractivity contribution in [3.63, 3.8) is 0 Å². The van der Waals surface area contributed by atoms with Crippen LogP contribution in [0.4, 0.5) is 16.5 Å². The number of nitrogens with zero attached hydrogens (tertiary/aromatic N) is 5. The van der Waals surface area contributed by atoms with Gasteiger partial charge in [-0.2, -0.15) is 4.52 Å². The fourth-order valence-electron chi connectivity index (χ4n) is 3.02. The number of anilines is 3. The van der Waals surface area contributed by atoms with E-state index in [4.69, 9.17) is 9.47 Å². The highest BCUT2D eigenvalue weighted by Gasteiger charge is 2.16. The van der Waals surface area contributed by atoms with E-state index in [1.54, 1.807) is 4.52 Å². The van der Waals surface area contributed by atoms with Crippen LogP contribution in [0.15, 0.2) is 42.5 Å². The normalized spacial score (nSPS) is 12.5. The molecular formula is C19H18N6O2S. The van der Waals surface area contributed by atoms with E-state index in [1.807, 2.05) is 44.4 Å². The summed E-state index contributed by atoms with van der Waals surface area (Å²) in [6.45, 7) is 0.268. The summed E-state index contributed by atoms with van der Waals surface area (Å²) in [7, 11) is 4.04. The first-order chi connectivity index (χ1) is 13.7. The van der Waals surface area contributed by atoms with Gasteiger partial charge in [0.1, 0.15) is 0 Å². The molecule has 8 nitrogen and oxygen atoms in total. The van der Waals surface area contributed by atoms with Gasteiger partial charge < -0.3 is 19.7 Å². The zero-order valence-corrected chi connectivity index (χ0v) is 16.2. The van der Waals surface area contributed by atoms with Crippen LogP contribution < -0.4 is 19.7 Å². The van der Waals surface area contributed by atoms with Gasteiger partial charge in [0, 0.05) is 31.9 Å². The molecule has 1 N–H and O–H groups in total. The molecule has 0 saturated carbocycles. The van der Waals surface area contributed by atoms with Gasteiger partial charge in [0.25, 0.3) is 0 Å². The molecule has 9 heteroatoms. The molecule has 0 saturated heterocycles. The zero-order chi connectivity index (χ0) is 19.1. The third-order valence-electron chi connectivity index (χ3n) is 4.49. The summed E-state index contributed by atoms with van der Waals surface area (Å²) in [5, 5.41) is 17.3. The molecule has 5 rings (SSSR count). The molecule has 0 aliphatic carbocycles. The highest BCUT2D eigenvalue weighted by Crippen LogP contribution is 2.33. The van der Waals surface area contributed by atoms with E-state index in [0.717, 1.165) is 44.4 Å². The van der Waals surface area contributed by atoms with Gasteiger partial charge in [-0.1, -0.05) is 17.4 Å². The molecule has 28 heavy (non-hydrogen) atoms. The summed E-state index contributed by atoms with van der Waals surface area (Å²) in [4.78, 5) is 2.82. The Morgan fingerprint density at radius 1 is 1.07 bits per heavy atom. The highest BCUT2D eigenvalue weighted by atomic mass is 32.1. The molecule has 142 valence electrons. The Morgan fingerprint density at radius 2 is 1.89 bits per heavy atom. The lowest BCUT2D eigenvalue weighted by Crippen LogP contribution is -2.08. The Bertz CT molecular complexity index is 1140. The molecule has 0 fully saturated rings. The minimum Gasteiger partial charge on any atom is -0.454 e. The molecule has 2 aromatic heterocycles. The van der Waals surface area contributed by atoms with Crippen LogP contribution in [-0.2, 0) is 6.42 Å². The van der Waals surface area contributed by atoms with E-state index < -0.39 is 0 Å². The van der Waals surface area contributed by atoms with Crippen molar-refractivity contribution >= 4 is 32.8 Å². The maximum Gasteiger partial charge on any atom is 0.236 e. The van der Waals surface area contributed by atoms with Crippen molar-refractivity contribution in [1.82, 2.24) is 19.8 Å². The first-order valence-electron chi connectivity index (χ1n) is 8.80. The average Bonchev–Trinajstić information content (AvgIpc) is 3.39. The smallest absolute Gasteiger partial charge is 0.236 e. The molecule has 0 amide bonds. The molecule has 0 radical (unpaired) electrons. The molecule has 0 unspecified atom stereocenters. The van der Waals surface area contributed by atoms with Crippen molar-refractivity contribution in [3.8, 4) is 11.5 Å². The zero-order valence-electron chi connectivity index (χ0n) is 15.4. The van der Waals surface area contributed by atoms with Crippen molar-refractivity contribution in [2.45, 2.75) is 6.42 Å². The Morgan fingerprint density at radius 3 is 2.71 bits per heavy atom. The van der Waals surface area contributed by atoms with Crippen LogP contribution >= 0.6 is 11.3 Å². The van der Waals surface area contributed by atoms with Gasteiger partial charge in [0.15, 0.2) is 17.3 Å². The molecule has 1 aliphatic rings. The maximum atomic E-state index is 5.45. The summed E-state index contributed by atoms with van der Waals surface area (Å²) in [6.07, 6.45) is 0.610. The third-order valence-corrected chi connectivity index (χ3v) is 5.30. The number of ether oxygens (including phenoxy) is 2. The van der Waals surface area contributed by atoms with E-state index in [9.17, 15) is 0 Å². The standard InChI is InChI=1S/C19H18N6O2S/c1-24(2)14-6-4-13(5-7-14)20-18-23-25-17(21-22-19(25)28-18)10-12-3-8-15-16(9-12)27-11-26-15/h3-9H,10-11H2,1-2H3,(H,20,23). The van der Waals surface area contributed by atoms with Crippen LogP contribution in [0.1, 0.15) is 11.4 Å². The Labute approximate surface area is 165 Å². The van der Waals surface area contributed by atoms with E-state index in [2.05, 4.69) is 37.6 Å². The molecule has 0 bridgehead atoms. The SMILES string of the molecule is CN(C)c1ccc(Nc2nn3c(Cc4ccc5c(c4)OCO5)nnc3s2)cc1. The van der Waals surface area contributed by atoms with E-state index in [-0.39, 0.29) is 6.79 Å². The summed E-state index contributed by atoms with van der Waals surface area (Å²) >= 11 is 1.47. The van der Waals surface area contributed by atoms with Gasteiger partial charge in [-0.05, 0) is 42.0 Å². The first kappa shape index (κ1) is 16.8.